The molecule has 0 bridgehead atoms. The molecule has 0 aromatic carbocycles. The summed E-state index contributed by atoms with van der Waals surface area (Å²) in [6, 6.07) is 9.38. The first-order chi connectivity index (χ1) is 6.90. The van der Waals surface area contributed by atoms with E-state index in [4.69, 9.17) is 5.26 Å². The van der Waals surface area contributed by atoms with Crippen molar-refractivity contribution in [1.82, 2.24) is 9.97 Å². The zero-order chi connectivity index (χ0) is 9.80. The molecule has 14 heavy (non-hydrogen) atoms. The number of hydrogen-bond acceptors (Lipinski definition) is 3. The molecule has 2 heterocycles. The fraction of sp³-hybridized carbons (Fsp3) is 0. The predicted octanol–water partition coefficient (Wildman–Crippen LogP) is 2.02. The van der Waals surface area contributed by atoms with E-state index in [1.165, 1.54) is 0 Å². The van der Waals surface area contributed by atoms with Gasteiger partial charge >= 0.3 is 0 Å². The monoisotopic (exact) mass is 181 g/mol. The lowest BCUT2D eigenvalue weighted by Crippen LogP contribution is -1.84. The van der Waals surface area contributed by atoms with Gasteiger partial charge in [-0.05, 0) is 24.3 Å². The van der Waals surface area contributed by atoms with Crippen LogP contribution in [0.5, 0.6) is 0 Å². The van der Waals surface area contributed by atoms with Crippen molar-refractivity contribution in [1.29, 1.82) is 5.26 Å². The SMILES string of the molecule is N#Cc1ccc(-c2cccnc2)nc1. The summed E-state index contributed by atoms with van der Waals surface area (Å²) in [4.78, 5) is 8.16. The molecule has 2 aromatic heterocycles. The van der Waals surface area contributed by atoms with E-state index in [1.807, 2.05) is 24.3 Å². The second-order valence-electron chi connectivity index (χ2n) is 2.79. The van der Waals surface area contributed by atoms with Crippen LogP contribution in [-0.2, 0) is 0 Å². The van der Waals surface area contributed by atoms with Gasteiger partial charge < -0.3 is 0 Å². The highest BCUT2D eigenvalue weighted by Gasteiger charge is 1.97. The molecule has 0 amide bonds. The highest BCUT2D eigenvalue weighted by molar-refractivity contribution is 5.57. The van der Waals surface area contributed by atoms with Gasteiger partial charge in [0.05, 0.1) is 11.3 Å². The van der Waals surface area contributed by atoms with Gasteiger partial charge in [-0.3, -0.25) is 9.97 Å². The molecule has 2 rings (SSSR count). The molecule has 3 nitrogen and oxygen atoms in total. The third-order valence-electron chi connectivity index (χ3n) is 1.85. The Labute approximate surface area is 81.7 Å². The Morgan fingerprint density at radius 3 is 2.64 bits per heavy atom. The lowest BCUT2D eigenvalue weighted by Gasteiger charge is -1.98. The molecule has 0 fully saturated rings. The Morgan fingerprint density at radius 1 is 1.14 bits per heavy atom. The topological polar surface area (TPSA) is 49.6 Å². The smallest absolute Gasteiger partial charge is 0.101 e. The van der Waals surface area contributed by atoms with E-state index >= 15 is 0 Å². The van der Waals surface area contributed by atoms with Gasteiger partial charge in [-0.15, -0.1) is 0 Å². The summed E-state index contributed by atoms with van der Waals surface area (Å²) in [5, 5.41) is 8.60. The third-order valence-corrected chi connectivity index (χ3v) is 1.85. The molecular formula is C11H7N3. The second kappa shape index (κ2) is 3.67. The molecule has 0 aliphatic heterocycles. The Balaban J connectivity index is 2.40. The van der Waals surface area contributed by atoms with Crippen LogP contribution < -0.4 is 0 Å². The number of pyridine rings is 2. The lowest BCUT2D eigenvalue weighted by atomic mass is 10.2. The van der Waals surface area contributed by atoms with E-state index in [9.17, 15) is 0 Å². The number of aromatic nitrogens is 2. The maximum atomic E-state index is 8.60. The van der Waals surface area contributed by atoms with Crippen LogP contribution in [0.15, 0.2) is 42.9 Å². The van der Waals surface area contributed by atoms with Crippen molar-refractivity contribution >= 4 is 0 Å². The van der Waals surface area contributed by atoms with Crippen LogP contribution in [0.1, 0.15) is 5.56 Å². The molecule has 66 valence electrons. The van der Waals surface area contributed by atoms with Crippen molar-refractivity contribution in [3.05, 3.63) is 48.4 Å². The Hall–Kier alpha value is -2.21. The number of rotatable bonds is 1. The van der Waals surface area contributed by atoms with Crippen molar-refractivity contribution in [3.63, 3.8) is 0 Å². The second-order valence-corrected chi connectivity index (χ2v) is 2.79. The molecule has 2 aromatic rings. The lowest BCUT2D eigenvalue weighted by molar-refractivity contribution is 1.27. The third kappa shape index (κ3) is 1.59. The van der Waals surface area contributed by atoms with E-state index in [2.05, 4.69) is 9.97 Å². The van der Waals surface area contributed by atoms with Crippen molar-refractivity contribution in [2.24, 2.45) is 0 Å². The molecule has 0 aliphatic rings. The largest absolute Gasteiger partial charge is 0.264 e. The highest BCUT2D eigenvalue weighted by Crippen LogP contribution is 2.14. The molecule has 0 atom stereocenters. The van der Waals surface area contributed by atoms with Crippen LogP contribution in [-0.4, -0.2) is 9.97 Å². The number of hydrogen-bond donors (Lipinski definition) is 0. The van der Waals surface area contributed by atoms with Crippen LogP contribution in [0.25, 0.3) is 11.3 Å². The molecule has 0 N–H and O–H groups in total. The fourth-order valence-corrected chi connectivity index (χ4v) is 1.15. The zero-order valence-electron chi connectivity index (χ0n) is 7.38. The summed E-state index contributed by atoms with van der Waals surface area (Å²) in [5.41, 5.74) is 2.35. The van der Waals surface area contributed by atoms with E-state index in [1.54, 1.807) is 24.7 Å². The van der Waals surface area contributed by atoms with Gasteiger partial charge in [0, 0.05) is 24.2 Å². The normalized spacial score (nSPS) is 9.36. The average molecular weight is 181 g/mol. The van der Waals surface area contributed by atoms with E-state index < -0.39 is 0 Å². The molecule has 3 heteroatoms. The summed E-state index contributed by atoms with van der Waals surface area (Å²) < 4.78 is 0. The molecule has 0 saturated carbocycles. The first-order valence-electron chi connectivity index (χ1n) is 4.17. The maximum Gasteiger partial charge on any atom is 0.101 e. The van der Waals surface area contributed by atoms with Crippen LogP contribution >= 0.6 is 0 Å². The summed E-state index contributed by atoms with van der Waals surface area (Å²) in [6.07, 6.45) is 5.02. The van der Waals surface area contributed by atoms with Gasteiger partial charge in [0.2, 0.25) is 0 Å². The first kappa shape index (κ1) is 8.39. The van der Waals surface area contributed by atoms with Crippen LogP contribution in [0.3, 0.4) is 0 Å². The minimum Gasteiger partial charge on any atom is -0.264 e. The van der Waals surface area contributed by atoms with Crippen molar-refractivity contribution < 1.29 is 0 Å². The summed E-state index contributed by atoms with van der Waals surface area (Å²) in [6.45, 7) is 0. The molecule has 0 radical (unpaired) electrons. The van der Waals surface area contributed by atoms with Gasteiger partial charge in [0.25, 0.3) is 0 Å². The summed E-state index contributed by atoms with van der Waals surface area (Å²) >= 11 is 0. The van der Waals surface area contributed by atoms with Crippen molar-refractivity contribution in [2.75, 3.05) is 0 Å². The Kier molecular flexibility index (Phi) is 2.20. The zero-order valence-corrected chi connectivity index (χ0v) is 7.38. The van der Waals surface area contributed by atoms with Crippen molar-refractivity contribution in [2.45, 2.75) is 0 Å². The Bertz CT molecular complexity index is 454. The van der Waals surface area contributed by atoms with E-state index in [0.717, 1.165) is 11.3 Å². The van der Waals surface area contributed by atoms with Crippen LogP contribution in [0, 0.1) is 11.3 Å². The number of nitrogens with zero attached hydrogens (tertiary/aromatic N) is 3. The van der Waals surface area contributed by atoms with Gasteiger partial charge in [0.15, 0.2) is 0 Å². The fourth-order valence-electron chi connectivity index (χ4n) is 1.15. The summed E-state index contributed by atoms with van der Waals surface area (Å²) in [7, 11) is 0. The quantitative estimate of drug-likeness (QED) is 0.676. The van der Waals surface area contributed by atoms with Crippen LogP contribution in [0.2, 0.25) is 0 Å². The molecule has 0 unspecified atom stereocenters. The first-order valence-corrected chi connectivity index (χ1v) is 4.17. The van der Waals surface area contributed by atoms with Crippen LogP contribution in [0.4, 0.5) is 0 Å². The standard InChI is InChI=1S/C11H7N3/c12-6-9-3-4-11(14-7-9)10-2-1-5-13-8-10/h1-5,7-8H. The minimum absolute atomic E-state index is 0.567. The molecule has 0 aliphatic carbocycles. The maximum absolute atomic E-state index is 8.60. The van der Waals surface area contributed by atoms with Gasteiger partial charge in [-0.1, -0.05) is 0 Å². The summed E-state index contributed by atoms with van der Waals surface area (Å²) in [5.74, 6) is 0. The van der Waals surface area contributed by atoms with Gasteiger partial charge in [0.1, 0.15) is 6.07 Å². The van der Waals surface area contributed by atoms with E-state index in [0.29, 0.717) is 5.56 Å². The van der Waals surface area contributed by atoms with E-state index in [-0.39, 0.29) is 0 Å². The highest BCUT2D eigenvalue weighted by atomic mass is 14.7. The number of nitriles is 1. The predicted molar refractivity (Wildman–Crippen MR) is 52.2 cm³/mol. The Morgan fingerprint density at radius 2 is 2.07 bits per heavy atom. The average Bonchev–Trinajstić information content (AvgIpc) is 2.30. The van der Waals surface area contributed by atoms with Crippen molar-refractivity contribution in [3.8, 4) is 17.3 Å². The molecule has 0 spiro atoms. The minimum atomic E-state index is 0.567. The van der Waals surface area contributed by atoms with Gasteiger partial charge in [-0.25, -0.2) is 0 Å². The molecular weight excluding hydrogens is 174 g/mol. The van der Waals surface area contributed by atoms with Gasteiger partial charge in [-0.2, -0.15) is 5.26 Å². The molecule has 0 saturated heterocycles.